The van der Waals surface area contributed by atoms with Crippen LogP contribution in [0, 0.1) is 5.82 Å². The van der Waals surface area contributed by atoms with Crippen molar-refractivity contribution in [3.05, 3.63) is 65.9 Å². The monoisotopic (exact) mass is 410 g/mol. The second kappa shape index (κ2) is 9.32. The molecule has 30 heavy (non-hydrogen) atoms. The summed E-state index contributed by atoms with van der Waals surface area (Å²) in [7, 11) is 1.84. The molecule has 2 N–H and O–H groups in total. The summed E-state index contributed by atoms with van der Waals surface area (Å²) in [4.78, 5) is 14.4. The van der Waals surface area contributed by atoms with Gasteiger partial charge < -0.3 is 4.90 Å². The number of hydrogen-bond donors (Lipinski definition) is 2. The number of amides is 1. The molecule has 1 fully saturated rings. The van der Waals surface area contributed by atoms with Crippen LogP contribution in [0.15, 0.2) is 48.9 Å². The Morgan fingerprint density at radius 2 is 2.00 bits per heavy atom. The molecule has 2 aromatic heterocycles. The van der Waals surface area contributed by atoms with Crippen molar-refractivity contribution < 1.29 is 9.18 Å². The number of aromatic nitrogens is 3. The number of pyridine rings is 1. The van der Waals surface area contributed by atoms with Gasteiger partial charge in [-0.1, -0.05) is 25.0 Å². The predicted molar refractivity (Wildman–Crippen MR) is 112 cm³/mol. The summed E-state index contributed by atoms with van der Waals surface area (Å²) in [6.45, 7) is 0.730. The van der Waals surface area contributed by atoms with E-state index in [2.05, 4.69) is 21.0 Å². The molecule has 1 saturated heterocycles. The Morgan fingerprint density at radius 1 is 1.17 bits per heavy atom. The van der Waals surface area contributed by atoms with Crippen molar-refractivity contribution in [1.29, 1.82) is 0 Å². The lowest BCUT2D eigenvalue weighted by atomic mass is 9.99. The second-order valence-electron chi connectivity index (χ2n) is 7.92. The van der Waals surface area contributed by atoms with Crippen LogP contribution in [0.2, 0.25) is 0 Å². The molecule has 1 amide bonds. The number of hydrazine groups is 1. The number of carbonyl (C=O) groups excluding carboxylic acids is 1. The summed E-state index contributed by atoms with van der Waals surface area (Å²) >= 11 is 0. The van der Waals surface area contributed by atoms with E-state index in [4.69, 9.17) is 0 Å². The fourth-order valence-corrected chi connectivity index (χ4v) is 3.92. The third kappa shape index (κ3) is 4.83. The van der Waals surface area contributed by atoms with Crippen molar-refractivity contribution in [2.24, 2.45) is 0 Å². The fourth-order valence-electron chi connectivity index (χ4n) is 3.92. The molecule has 2 unspecified atom stereocenters. The Hall–Kier alpha value is -2.84. The van der Waals surface area contributed by atoms with Gasteiger partial charge in [0.15, 0.2) is 5.65 Å². The van der Waals surface area contributed by atoms with Crippen molar-refractivity contribution in [3.8, 4) is 0 Å². The highest BCUT2D eigenvalue weighted by Gasteiger charge is 2.24. The molecule has 1 aliphatic rings. The van der Waals surface area contributed by atoms with E-state index in [9.17, 15) is 9.18 Å². The van der Waals surface area contributed by atoms with Crippen LogP contribution in [-0.2, 0) is 0 Å². The number of unbranched alkanes of at least 4 members (excludes halogenated alkanes) is 2. The lowest BCUT2D eigenvalue weighted by Crippen LogP contribution is -2.30. The van der Waals surface area contributed by atoms with Gasteiger partial charge in [0.05, 0.1) is 5.56 Å². The highest BCUT2D eigenvalue weighted by molar-refractivity contribution is 5.94. The van der Waals surface area contributed by atoms with Gasteiger partial charge >= 0.3 is 0 Å². The maximum Gasteiger partial charge on any atom is 0.255 e. The first kappa shape index (κ1) is 20.4. The number of nitrogens with zero attached hydrogens (tertiary/aromatic N) is 4. The average Bonchev–Trinajstić information content (AvgIpc) is 3.42. The van der Waals surface area contributed by atoms with Crippen LogP contribution < -0.4 is 10.9 Å². The van der Waals surface area contributed by atoms with Crippen LogP contribution in [0.4, 0.5) is 4.39 Å². The number of halogens is 1. The molecule has 1 aliphatic heterocycles. The lowest BCUT2D eigenvalue weighted by molar-refractivity contribution is 0.0792. The zero-order valence-electron chi connectivity index (χ0n) is 17.1. The Balaban J connectivity index is 1.15. The molecule has 0 bridgehead atoms. The van der Waals surface area contributed by atoms with Gasteiger partial charge in [-0.25, -0.2) is 4.39 Å². The highest BCUT2D eigenvalue weighted by atomic mass is 19.1. The van der Waals surface area contributed by atoms with Gasteiger partial charge in [0.2, 0.25) is 0 Å². The Kier molecular flexibility index (Phi) is 6.35. The number of benzene rings is 1. The number of hydrogen-bond acceptors (Lipinski definition) is 5. The third-order valence-electron chi connectivity index (χ3n) is 5.68. The van der Waals surface area contributed by atoms with Gasteiger partial charge in [-0.15, -0.1) is 10.2 Å². The molecule has 7 nitrogen and oxygen atoms in total. The summed E-state index contributed by atoms with van der Waals surface area (Å²) in [6, 6.07) is 10.9. The number of fused-ring (bicyclic) bond motifs is 1. The summed E-state index contributed by atoms with van der Waals surface area (Å²) in [6.07, 6.45) is 8.58. The minimum absolute atomic E-state index is 0.00870. The van der Waals surface area contributed by atoms with Crippen molar-refractivity contribution in [2.75, 3.05) is 13.6 Å². The first-order valence-corrected chi connectivity index (χ1v) is 10.4. The van der Waals surface area contributed by atoms with E-state index in [0.717, 1.165) is 49.9 Å². The molecule has 158 valence electrons. The molecule has 0 aliphatic carbocycles. The summed E-state index contributed by atoms with van der Waals surface area (Å²) in [5.41, 5.74) is 9.13. The molecule has 0 radical (unpaired) electrons. The third-order valence-corrected chi connectivity index (χ3v) is 5.68. The number of nitrogens with one attached hydrogen (secondary N) is 2. The molecular formula is C22H27FN6O. The van der Waals surface area contributed by atoms with Crippen LogP contribution >= 0.6 is 0 Å². The summed E-state index contributed by atoms with van der Waals surface area (Å²) < 4.78 is 14.8. The van der Waals surface area contributed by atoms with Gasteiger partial charge in [0.25, 0.3) is 5.91 Å². The molecule has 0 spiro atoms. The lowest BCUT2D eigenvalue weighted by Gasteiger charge is -2.17. The number of rotatable bonds is 8. The van der Waals surface area contributed by atoms with Gasteiger partial charge in [-0.05, 0) is 49.1 Å². The molecule has 2 atom stereocenters. The zero-order chi connectivity index (χ0) is 20.9. The second-order valence-corrected chi connectivity index (χ2v) is 7.92. The molecule has 8 heteroatoms. The van der Waals surface area contributed by atoms with Gasteiger partial charge in [0.1, 0.15) is 12.1 Å². The van der Waals surface area contributed by atoms with E-state index in [-0.39, 0.29) is 17.8 Å². The van der Waals surface area contributed by atoms with Crippen LogP contribution in [-0.4, -0.2) is 45.0 Å². The Bertz CT molecular complexity index is 989. The van der Waals surface area contributed by atoms with Crippen molar-refractivity contribution in [2.45, 2.75) is 44.2 Å². The normalized spacial score (nSPS) is 18.7. The predicted octanol–water partition coefficient (Wildman–Crippen LogP) is 3.11. The van der Waals surface area contributed by atoms with E-state index in [1.807, 2.05) is 19.2 Å². The van der Waals surface area contributed by atoms with Crippen molar-refractivity contribution in [1.82, 2.24) is 30.3 Å². The smallest absolute Gasteiger partial charge is 0.255 e. The van der Waals surface area contributed by atoms with E-state index < -0.39 is 0 Å². The van der Waals surface area contributed by atoms with Gasteiger partial charge in [-0.2, -0.15) is 0 Å². The summed E-state index contributed by atoms with van der Waals surface area (Å²) in [5, 5.41) is 7.79. The van der Waals surface area contributed by atoms with E-state index >= 15 is 0 Å². The van der Waals surface area contributed by atoms with Crippen LogP contribution in [0.25, 0.3) is 5.65 Å². The number of carbonyl (C=O) groups is 1. The fraction of sp³-hybridized carbons (Fsp3) is 0.409. The van der Waals surface area contributed by atoms with Gasteiger partial charge in [0, 0.05) is 31.9 Å². The molecule has 0 saturated carbocycles. The summed E-state index contributed by atoms with van der Waals surface area (Å²) in [5.74, 6) is -0.196. The average molecular weight is 410 g/mol. The SMILES string of the molecule is CN(CCCCCC1CC(c2ccc(F)cc2)NN1)C(=O)c1ccc2nncn2c1. The maximum atomic E-state index is 13.1. The molecule has 1 aromatic carbocycles. The molecule has 3 heterocycles. The van der Waals surface area contributed by atoms with E-state index in [1.165, 1.54) is 12.1 Å². The van der Waals surface area contributed by atoms with E-state index in [1.54, 1.807) is 34.0 Å². The van der Waals surface area contributed by atoms with E-state index in [0.29, 0.717) is 11.6 Å². The standard InChI is InChI=1S/C22H27FN6O/c1-28(22(30)17-8-11-21-27-24-15-29(21)14-17)12-4-2-3-5-19-13-20(26-25-19)16-6-9-18(23)10-7-16/h6-11,14-15,19-20,25-26H,2-5,12-13H2,1H3. The van der Waals surface area contributed by atoms with Crippen LogP contribution in [0.1, 0.15) is 54.1 Å². The largest absolute Gasteiger partial charge is 0.342 e. The first-order valence-electron chi connectivity index (χ1n) is 10.4. The van der Waals surface area contributed by atoms with Crippen LogP contribution in [0.3, 0.4) is 0 Å². The van der Waals surface area contributed by atoms with Crippen molar-refractivity contribution in [3.63, 3.8) is 0 Å². The minimum Gasteiger partial charge on any atom is -0.342 e. The van der Waals surface area contributed by atoms with Gasteiger partial charge in [-0.3, -0.25) is 20.0 Å². The molecule has 4 rings (SSSR count). The molecular weight excluding hydrogens is 383 g/mol. The maximum absolute atomic E-state index is 13.1. The van der Waals surface area contributed by atoms with Crippen molar-refractivity contribution >= 4 is 11.6 Å². The highest BCUT2D eigenvalue weighted by Crippen LogP contribution is 2.24. The van der Waals surface area contributed by atoms with Crippen LogP contribution in [0.5, 0.6) is 0 Å². The molecule has 3 aromatic rings. The minimum atomic E-state index is -0.205. The Morgan fingerprint density at radius 3 is 2.83 bits per heavy atom. The zero-order valence-corrected chi connectivity index (χ0v) is 17.1. The topological polar surface area (TPSA) is 74.6 Å². The quantitative estimate of drug-likeness (QED) is 0.558. The Labute approximate surface area is 175 Å². The first-order chi connectivity index (χ1) is 14.6.